The molecule has 100 valence electrons. The van der Waals surface area contributed by atoms with Crippen molar-refractivity contribution in [2.45, 2.75) is 26.2 Å². The minimum absolute atomic E-state index is 0.0283. The molecule has 0 spiro atoms. The molecular formula is C14H17N3O2. The predicted octanol–water partition coefficient (Wildman–Crippen LogP) is 1.67. The van der Waals surface area contributed by atoms with Gasteiger partial charge in [0.05, 0.1) is 12.1 Å². The van der Waals surface area contributed by atoms with E-state index in [1.165, 1.54) is 5.56 Å². The Morgan fingerprint density at radius 1 is 1.47 bits per heavy atom. The molecule has 0 saturated carbocycles. The van der Waals surface area contributed by atoms with Gasteiger partial charge in [-0.2, -0.15) is 0 Å². The molecule has 0 aliphatic carbocycles. The summed E-state index contributed by atoms with van der Waals surface area (Å²) >= 11 is 0. The molecule has 2 heterocycles. The van der Waals surface area contributed by atoms with Crippen LogP contribution in [0, 0.1) is 6.92 Å². The van der Waals surface area contributed by atoms with Crippen LogP contribution in [0.1, 0.15) is 23.4 Å². The van der Waals surface area contributed by atoms with Crippen LogP contribution in [0.4, 0.5) is 0 Å². The summed E-state index contributed by atoms with van der Waals surface area (Å²) in [5, 5.41) is 6.66. The molecule has 2 aromatic rings. The van der Waals surface area contributed by atoms with Crippen molar-refractivity contribution in [3.8, 4) is 0 Å². The Morgan fingerprint density at radius 3 is 3.05 bits per heavy atom. The molecule has 0 aliphatic rings. The highest BCUT2D eigenvalue weighted by atomic mass is 16.5. The first-order chi connectivity index (χ1) is 9.24. The van der Waals surface area contributed by atoms with Crippen LogP contribution in [0.25, 0.3) is 0 Å². The van der Waals surface area contributed by atoms with Gasteiger partial charge in [0.25, 0.3) is 0 Å². The highest BCUT2D eigenvalue weighted by Gasteiger charge is 2.06. The third-order valence-corrected chi connectivity index (χ3v) is 2.71. The third kappa shape index (κ3) is 4.54. The van der Waals surface area contributed by atoms with Gasteiger partial charge in [0.15, 0.2) is 0 Å². The molecule has 0 fully saturated rings. The first-order valence-electron chi connectivity index (χ1n) is 6.32. The summed E-state index contributed by atoms with van der Waals surface area (Å²) in [4.78, 5) is 15.7. The fraction of sp³-hybridized carbons (Fsp3) is 0.357. The quantitative estimate of drug-likeness (QED) is 0.801. The van der Waals surface area contributed by atoms with Gasteiger partial charge in [0, 0.05) is 25.0 Å². The smallest absolute Gasteiger partial charge is 0.226 e. The van der Waals surface area contributed by atoms with Crippen molar-refractivity contribution in [3.05, 3.63) is 47.6 Å². The lowest BCUT2D eigenvalue weighted by molar-refractivity contribution is -0.120. The molecule has 5 heteroatoms. The Morgan fingerprint density at radius 2 is 2.37 bits per heavy atom. The third-order valence-electron chi connectivity index (χ3n) is 2.71. The SMILES string of the molecule is Cc1cc(CC(=O)NCCCc2cccnc2)no1. The van der Waals surface area contributed by atoms with Gasteiger partial charge in [-0.05, 0) is 31.4 Å². The fourth-order valence-electron chi connectivity index (χ4n) is 1.79. The summed E-state index contributed by atoms with van der Waals surface area (Å²) in [5.74, 6) is 0.693. The van der Waals surface area contributed by atoms with Gasteiger partial charge in [0.2, 0.25) is 5.91 Å². The number of hydrogen-bond acceptors (Lipinski definition) is 4. The summed E-state index contributed by atoms with van der Waals surface area (Å²) in [6.45, 7) is 2.47. The molecule has 0 aliphatic heterocycles. The summed E-state index contributed by atoms with van der Waals surface area (Å²) in [7, 11) is 0. The van der Waals surface area contributed by atoms with Crippen LogP contribution in [0.5, 0.6) is 0 Å². The van der Waals surface area contributed by atoms with Crippen LogP contribution in [-0.4, -0.2) is 22.6 Å². The van der Waals surface area contributed by atoms with Crippen molar-refractivity contribution >= 4 is 5.91 Å². The van der Waals surface area contributed by atoms with Crippen molar-refractivity contribution < 1.29 is 9.32 Å². The molecule has 1 amide bonds. The van der Waals surface area contributed by atoms with Gasteiger partial charge < -0.3 is 9.84 Å². The second kappa shape index (κ2) is 6.68. The van der Waals surface area contributed by atoms with E-state index in [4.69, 9.17) is 4.52 Å². The molecule has 0 unspecified atom stereocenters. The van der Waals surface area contributed by atoms with Gasteiger partial charge in [-0.1, -0.05) is 11.2 Å². The average molecular weight is 259 g/mol. The van der Waals surface area contributed by atoms with E-state index in [1.807, 2.05) is 25.3 Å². The van der Waals surface area contributed by atoms with Crippen LogP contribution in [-0.2, 0) is 17.6 Å². The van der Waals surface area contributed by atoms with Crippen molar-refractivity contribution in [1.29, 1.82) is 0 Å². The number of aromatic nitrogens is 2. The van der Waals surface area contributed by atoms with E-state index in [0.717, 1.165) is 18.6 Å². The molecule has 0 saturated heterocycles. The van der Waals surface area contributed by atoms with E-state index in [-0.39, 0.29) is 12.3 Å². The molecule has 0 radical (unpaired) electrons. The lowest BCUT2D eigenvalue weighted by Crippen LogP contribution is -2.26. The Kier molecular flexibility index (Phi) is 4.66. The van der Waals surface area contributed by atoms with Crippen LogP contribution in [0.2, 0.25) is 0 Å². The Balaban J connectivity index is 1.64. The molecule has 5 nitrogen and oxygen atoms in total. The zero-order chi connectivity index (χ0) is 13.5. The number of carbonyl (C=O) groups excluding carboxylic acids is 1. The summed E-state index contributed by atoms with van der Waals surface area (Å²) < 4.78 is 4.91. The summed E-state index contributed by atoms with van der Waals surface area (Å²) in [5.41, 5.74) is 1.85. The van der Waals surface area contributed by atoms with Gasteiger partial charge in [-0.25, -0.2) is 0 Å². The fourth-order valence-corrected chi connectivity index (χ4v) is 1.79. The van der Waals surface area contributed by atoms with Crippen LogP contribution in [0.15, 0.2) is 35.1 Å². The normalized spacial score (nSPS) is 10.4. The number of amides is 1. The lowest BCUT2D eigenvalue weighted by atomic mass is 10.1. The van der Waals surface area contributed by atoms with Crippen LogP contribution >= 0.6 is 0 Å². The molecule has 2 aromatic heterocycles. The van der Waals surface area contributed by atoms with Gasteiger partial charge in [0.1, 0.15) is 5.76 Å². The number of nitrogens with zero attached hydrogens (tertiary/aromatic N) is 2. The van der Waals surface area contributed by atoms with Gasteiger partial charge >= 0.3 is 0 Å². The standard InChI is InChI=1S/C14H17N3O2/c1-11-8-13(17-19-11)9-14(18)16-7-3-5-12-4-2-6-15-10-12/h2,4,6,8,10H,3,5,7,9H2,1H3,(H,16,18). The number of rotatable bonds is 6. The largest absolute Gasteiger partial charge is 0.361 e. The number of aryl methyl sites for hydroxylation is 2. The van der Waals surface area contributed by atoms with E-state index in [1.54, 1.807) is 12.3 Å². The van der Waals surface area contributed by atoms with E-state index < -0.39 is 0 Å². The highest BCUT2D eigenvalue weighted by Crippen LogP contribution is 2.02. The molecule has 0 atom stereocenters. The van der Waals surface area contributed by atoms with Crippen molar-refractivity contribution in [2.75, 3.05) is 6.54 Å². The van der Waals surface area contributed by atoms with Crippen LogP contribution < -0.4 is 5.32 Å². The topological polar surface area (TPSA) is 68.0 Å². The van der Waals surface area contributed by atoms with Gasteiger partial charge in [-0.3, -0.25) is 9.78 Å². The highest BCUT2D eigenvalue weighted by molar-refractivity contribution is 5.77. The maximum absolute atomic E-state index is 11.6. The Hall–Kier alpha value is -2.17. The second-order valence-corrected chi connectivity index (χ2v) is 4.42. The Labute approximate surface area is 112 Å². The first-order valence-corrected chi connectivity index (χ1v) is 6.32. The minimum atomic E-state index is -0.0283. The number of nitrogens with one attached hydrogen (secondary N) is 1. The maximum atomic E-state index is 11.6. The zero-order valence-corrected chi connectivity index (χ0v) is 10.9. The molecule has 19 heavy (non-hydrogen) atoms. The van der Waals surface area contributed by atoms with Crippen molar-refractivity contribution in [3.63, 3.8) is 0 Å². The second-order valence-electron chi connectivity index (χ2n) is 4.42. The maximum Gasteiger partial charge on any atom is 0.226 e. The molecular weight excluding hydrogens is 242 g/mol. The van der Waals surface area contributed by atoms with Crippen LogP contribution in [0.3, 0.4) is 0 Å². The van der Waals surface area contributed by atoms with E-state index >= 15 is 0 Å². The van der Waals surface area contributed by atoms with E-state index in [2.05, 4.69) is 15.5 Å². The van der Waals surface area contributed by atoms with Gasteiger partial charge in [-0.15, -0.1) is 0 Å². The summed E-state index contributed by atoms with van der Waals surface area (Å²) in [6.07, 6.45) is 5.68. The zero-order valence-electron chi connectivity index (χ0n) is 10.9. The average Bonchev–Trinajstić information content (AvgIpc) is 2.81. The summed E-state index contributed by atoms with van der Waals surface area (Å²) in [6, 6.07) is 5.73. The number of hydrogen-bond donors (Lipinski definition) is 1. The molecule has 0 aromatic carbocycles. The Bertz CT molecular complexity index is 522. The number of carbonyl (C=O) groups is 1. The molecule has 0 bridgehead atoms. The van der Waals surface area contributed by atoms with E-state index in [9.17, 15) is 4.79 Å². The lowest BCUT2D eigenvalue weighted by Gasteiger charge is -2.03. The van der Waals surface area contributed by atoms with E-state index in [0.29, 0.717) is 12.2 Å². The van der Waals surface area contributed by atoms with Crippen molar-refractivity contribution in [2.24, 2.45) is 0 Å². The predicted molar refractivity (Wildman–Crippen MR) is 70.5 cm³/mol. The monoisotopic (exact) mass is 259 g/mol. The molecule has 1 N–H and O–H groups in total. The first kappa shape index (κ1) is 13.3. The minimum Gasteiger partial charge on any atom is -0.361 e. The molecule has 2 rings (SSSR count). The van der Waals surface area contributed by atoms with Crippen molar-refractivity contribution in [1.82, 2.24) is 15.5 Å². The number of pyridine rings is 1.